The normalized spacial score (nSPS) is 17.0. The first kappa shape index (κ1) is 17.1. The number of likely N-dealkylation sites (tertiary alicyclic amines) is 1. The van der Waals surface area contributed by atoms with Crippen molar-refractivity contribution in [2.24, 2.45) is 0 Å². The molecule has 25 heavy (non-hydrogen) atoms. The topological polar surface area (TPSA) is 72.7 Å². The van der Waals surface area contributed by atoms with Gasteiger partial charge in [-0.2, -0.15) is 0 Å². The molecule has 1 aliphatic heterocycles. The van der Waals surface area contributed by atoms with Gasteiger partial charge in [0.15, 0.2) is 0 Å². The molecule has 1 amide bonds. The van der Waals surface area contributed by atoms with E-state index in [4.69, 9.17) is 4.74 Å². The molecule has 3 rings (SSSR count). The number of ether oxygens (including phenoxy) is 1. The number of carbonyl (C=O) groups excluding carboxylic acids is 1. The first-order valence-electron chi connectivity index (χ1n) is 8.30. The van der Waals surface area contributed by atoms with Gasteiger partial charge in [-0.15, -0.1) is 0 Å². The SMILES string of the molecule is O=C1C(c2ccc([N+](=O)[O-])cc2)CCN1CCOCc1ccccc1. The van der Waals surface area contributed by atoms with Crippen LogP contribution < -0.4 is 0 Å². The Hall–Kier alpha value is -2.73. The van der Waals surface area contributed by atoms with Crippen molar-refractivity contribution in [3.05, 3.63) is 75.8 Å². The molecule has 0 spiro atoms. The molecule has 1 atom stereocenters. The Morgan fingerprint density at radius 1 is 1.12 bits per heavy atom. The van der Waals surface area contributed by atoms with E-state index in [2.05, 4.69) is 0 Å². The zero-order valence-electron chi connectivity index (χ0n) is 13.8. The molecule has 0 bridgehead atoms. The summed E-state index contributed by atoms with van der Waals surface area (Å²) in [5, 5.41) is 10.7. The van der Waals surface area contributed by atoms with Gasteiger partial charge in [0, 0.05) is 25.2 Å². The number of nitrogens with zero attached hydrogens (tertiary/aromatic N) is 2. The Kier molecular flexibility index (Phi) is 5.40. The highest BCUT2D eigenvalue weighted by molar-refractivity contribution is 5.85. The number of nitro benzene ring substituents is 1. The van der Waals surface area contributed by atoms with E-state index in [1.54, 1.807) is 17.0 Å². The van der Waals surface area contributed by atoms with E-state index in [1.165, 1.54) is 12.1 Å². The van der Waals surface area contributed by atoms with Crippen LogP contribution in [0.5, 0.6) is 0 Å². The molecule has 0 saturated carbocycles. The average molecular weight is 340 g/mol. The second-order valence-electron chi connectivity index (χ2n) is 6.05. The second kappa shape index (κ2) is 7.90. The minimum Gasteiger partial charge on any atom is -0.375 e. The lowest BCUT2D eigenvalue weighted by Gasteiger charge is -2.17. The highest BCUT2D eigenvalue weighted by Crippen LogP contribution is 2.29. The van der Waals surface area contributed by atoms with E-state index in [9.17, 15) is 14.9 Å². The van der Waals surface area contributed by atoms with Crippen molar-refractivity contribution in [2.75, 3.05) is 19.7 Å². The van der Waals surface area contributed by atoms with E-state index in [0.717, 1.165) is 17.5 Å². The van der Waals surface area contributed by atoms with Crippen molar-refractivity contribution in [2.45, 2.75) is 18.9 Å². The average Bonchev–Trinajstić information content (AvgIpc) is 3.00. The van der Waals surface area contributed by atoms with Crippen LogP contribution in [0.15, 0.2) is 54.6 Å². The summed E-state index contributed by atoms with van der Waals surface area (Å²) in [6.45, 7) is 2.28. The van der Waals surface area contributed by atoms with E-state index in [1.807, 2.05) is 30.3 Å². The molecule has 2 aromatic carbocycles. The number of benzene rings is 2. The summed E-state index contributed by atoms with van der Waals surface area (Å²) < 4.78 is 5.64. The molecule has 1 fully saturated rings. The summed E-state index contributed by atoms with van der Waals surface area (Å²) in [6, 6.07) is 16.2. The molecule has 1 unspecified atom stereocenters. The maximum Gasteiger partial charge on any atom is 0.269 e. The molecule has 1 aliphatic rings. The Morgan fingerprint density at radius 2 is 1.84 bits per heavy atom. The van der Waals surface area contributed by atoms with Crippen molar-refractivity contribution in [1.29, 1.82) is 0 Å². The summed E-state index contributed by atoms with van der Waals surface area (Å²) in [5.41, 5.74) is 1.99. The third-order valence-corrected chi connectivity index (χ3v) is 4.42. The van der Waals surface area contributed by atoms with Crippen LogP contribution in [0.2, 0.25) is 0 Å². The molecule has 0 aromatic heterocycles. The summed E-state index contributed by atoms with van der Waals surface area (Å²) in [6.07, 6.45) is 0.731. The molecule has 0 aliphatic carbocycles. The fourth-order valence-corrected chi connectivity index (χ4v) is 3.04. The summed E-state index contributed by atoms with van der Waals surface area (Å²) in [5.74, 6) is -0.146. The molecular formula is C19H20N2O4. The summed E-state index contributed by atoms with van der Waals surface area (Å²) in [4.78, 5) is 24.6. The van der Waals surface area contributed by atoms with E-state index in [-0.39, 0.29) is 17.5 Å². The molecule has 130 valence electrons. The van der Waals surface area contributed by atoms with Gasteiger partial charge >= 0.3 is 0 Å². The van der Waals surface area contributed by atoms with Crippen LogP contribution in [0.1, 0.15) is 23.5 Å². The largest absolute Gasteiger partial charge is 0.375 e. The summed E-state index contributed by atoms with van der Waals surface area (Å²) >= 11 is 0. The van der Waals surface area contributed by atoms with Crippen molar-refractivity contribution in [3.63, 3.8) is 0 Å². The molecular weight excluding hydrogens is 320 g/mol. The first-order valence-corrected chi connectivity index (χ1v) is 8.30. The number of non-ortho nitro benzene ring substituents is 1. The standard InChI is InChI=1S/C19H20N2O4/c22-19-18(16-6-8-17(9-7-16)21(23)24)10-11-20(19)12-13-25-14-15-4-2-1-3-5-15/h1-9,18H,10-14H2. The van der Waals surface area contributed by atoms with Gasteiger partial charge in [-0.25, -0.2) is 0 Å². The molecule has 1 heterocycles. The molecule has 0 N–H and O–H groups in total. The van der Waals surface area contributed by atoms with E-state index in [0.29, 0.717) is 26.3 Å². The van der Waals surface area contributed by atoms with Crippen LogP contribution >= 0.6 is 0 Å². The van der Waals surface area contributed by atoms with Crippen LogP contribution in [0.25, 0.3) is 0 Å². The van der Waals surface area contributed by atoms with Gasteiger partial charge in [0.2, 0.25) is 5.91 Å². The van der Waals surface area contributed by atoms with Gasteiger partial charge in [0.1, 0.15) is 0 Å². The Bertz CT molecular complexity index is 731. The smallest absolute Gasteiger partial charge is 0.269 e. The Morgan fingerprint density at radius 3 is 2.52 bits per heavy atom. The second-order valence-corrected chi connectivity index (χ2v) is 6.05. The number of rotatable bonds is 7. The van der Waals surface area contributed by atoms with Crippen molar-refractivity contribution in [3.8, 4) is 0 Å². The van der Waals surface area contributed by atoms with Gasteiger partial charge in [0.05, 0.1) is 24.1 Å². The highest BCUT2D eigenvalue weighted by atomic mass is 16.6. The van der Waals surface area contributed by atoms with Gasteiger partial charge in [-0.05, 0) is 17.5 Å². The summed E-state index contributed by atoms with van der Waals surface area (Å²) in [7, 11) is 0. The van der Waals surface area contributed by atoms with E-state index >= 15 is 0 Å². The Labute approximate surface area is 146 Å². The van der Waals surface area contributed by atoms with Gasteiger partial charge in [-0.1, -0.05) is 42.5 Å². The van der Waals surface area contributed by atoms with Crippen LogP contribution in [0.4, 0.5) is 5.69 Å². The third-order valence-electron chi connectivity index (χ3n) is 4.42. The number of hydrogen-bond donors (Lipinski definition) is 0. The van der Waals surface area contributed by atoms with Gasteiger partial charge in [-0.3, -0.25) is 14.9 Å². The van der Waals surface area contributed by atoms with Crippen molar-refractivity contribution < 1.29 is 14.5 Å². The van der Waals surface area contributed by atoms with E-state index < -0.39 is 4.92 Å². The van der Waals surface area contributed by atoms with Crippen LogP contribution in [-0.4, -0.2) is 35.4 Å². The zero-order valence-corrected chi connectivity index (χ0v) is 13.8. The van der Waals surface area contributed by atoms with Crippen LogP contribution in [0.3, 0.4) is 0 Å². The Balaban J connectivity index is 1.49. The van der Waals surface area contributed by atoms with Crippen LogP contribution in [-0.2, 0) is 16.1 Å². The van der Waals surface area contributed by atoms with Gasteiger partial charge in [0.25, 0.3) is 5.69 Å². The quantitative estimate of drug-likeness (QED) is 0.441. The molecule has 2 aromatic rings. The van der Waals surface area contributed by atoms with Crippen LogP contribution in [0, 0.1) is 10.1 Å². The maximum atomic E-state index is 12.5. The zero-order chi connectivity index (χ0) is 17.6. The predicted molar refractivity (Wildman–Crippen MR) is 93.1 cm³/mol. The maximum absolute atomic E-state index is 12.5. The van der Waals surface area contributed by atoms with Gasteiger partial charge < -0.3 is 9.64 Å². The fraction of sp³-hybridized carbons (Fsp3) is 0.316. The predicted octanol–water partition coefficient (Wildman–Crippen LogP) is 3.13. The molecule has 1 saturated heterocycles. The number of nitro groups is 1. The monoisotopic (exact) mass is 340 g/mol. The number of carbonyl (C=O) groups is 1. The molecule has 6 nitrogen and oxygen atoms in total. The number of amides is 1. The fourth-order valence-electron chi connectivity index (χ4n) is 3.04. The lowest BCUT2D eigenvalue weighted by molar-refractivity contribution is -0.384. The molecule has 0 radical (unpaired) electrons. The lowest BCUT2D eigenvalue weighted by Crippen LogP contribution is -2.30. The number of hydrogen-bond acceptors (Lipinski definition) is 4. The minimum absolute atomic E-state index is 0.0420. The lowest BCUT2D eigenvalue weighted by atomic mass is 9.97. The minimum atomic E-state index is -0.434. The highest BCUT2D eigenvalue weighted by Gasteiger charge is 2.32. The third kappa shape index (κ3) is 4.22. The van der Waals surface area contributed by atoms with Crippen molar-refractivity contribution in [1.82, 2.24) is 4.90 Å². The van der Waals surface area contributed by atoms with Crippen molar-refractivity contribution >= 4 is 11.6 Å². The first-order chi connectivity index (χ1) is 12.1. The molecule has 6 heteroatoms.